The van der Waals surface area contributed by atoms with Crippen LogP contribution in [-0.4, -0.2) is 21.3 Å². The maximum absolute atomic E-state index is 9.61. The van der Waals surface area contributed by atoms with Gasteiger partial charge in [0.1, 0.15) is 5.82 Å². The third kappa shape index (κ3) is 2.46. The van der Waals surface area contributed by atoms with Crippen LogP contribution in [0.25, 0.3) is 0 Å². The van der Waals surface area contributed by atoms with Crippen LogP contribution in [0.5, 0.6) is 0 Å². The molecule has 0 radical (unpaired) electrons. The molecule has 0 spiro atoms. The number of hydrogen-bond acceptors (Lipinski definition) is 2. The summed E-state index contributed by atoms with van der Waals surface area (Å²) < 4.78 is 2.08. The predicted octanol–water partition coefficient (Wildman–Crippen LogP) is 2.30. The van der Waals surface area contributed by atoms with Crippen molar-refractivity contribution in [3.63, 3.8) is 0 Å². The van der Waals surface area contributed by atoms with E-state index >= 15 is 0 Å². The second-order valence-electron chi connectivity index (χ2n) is 5.17. The van der Waals surface area contributed by atoms with Crippen molar-refractivity contribution in [3.8, 4) is 0 Å². The topological polar surface area (TPSA) is 38.0 Å². The molecule has 1 aromatic heterocycles. The Kier molecular flexibility index (Phi) is 3.64. The van der Waals surface area contributed by atoms with Crippen molar-refractivity contribution in [3.05, 3.63) is 18.2 Å². The van der Waals surface area contributed by atoms with Crippen LogP contribution < -0.4 is 0 Å². The van der Waals surface area contributed by atoms with E-state index in [1.165, 1.54) is 32.1 Å². The Morgan fingerprint density at radius 3 is 2.69 bits per heavy atom. The molecule has 1 aliphatic rings. The largest absolute Gasteiger partial charge is 0.396 e. The average Bonchev–Trinajstić information content (AvgIpc) is 2.74. The molecule has 3 heteroatoms. The van der Waals surface area contributed by atoms with Gasteiger partial charge in [0.25, 0.3) is 0 Å². The molecule has 0 atom stereocenters. The van der Waals surface area contributed by atoms with Gasteiger partial charge in [-0.05, 0) is 24.7 Å². The first kappa shape index (κ1) is 11.6. The summed E-state index contributed by atoms with van der Waals surface area (Å²) in [5.41, 5.74) is 0.185. The zero-order valence-corrected chi connectivity index (χ0v) is 10.2. The normalized spacial score (nSPS) is 19.9. The zero-order chi connectivity index (χ0) is 11.4. The molecule has 0 bridgehead atoms. The summed E-state index contributed by atoms with van der Waals surface area (Å²) in [7, 11) is 2.04. The van der Waals surface area contributed by atoms with Crippen LogP contribution in [-0.2, 0) is 13.5 Å². The maximum Gasteiger partial charge on any atom is 0.108 e. The van der Waals surface area contributed by atoms with E-state index < -0.39 is 0 Å². The van der Waals surface area contributed by atoms with Crippen molar-refractivity contribution in [1.29, 1.82) is 0 Å². The summed E-state index contributed by atoms with van der Waals surface area (Å²) in [6, 6.07) is 0. The average molecular weight is 222 g/mol. The molecule has 2 rings (SSSR count). The van der Waals surface area contributed by atoms with E-state index in [0.717, 1.165) is 18.7 Å². The van der Waals surface area contributed by atoms with Crippen LogP contribution in [0.15, 0.2) is 12.4 Å². The van der Waals surface area contributed by atoms with Crippen molar-refractivity contribution < 1.29 is 5.11 Å². The van der Waals surface area contributed by atoms with Crippen LogP contribution in [0, 0.1) is 5.41 Å². The standard InChI is InChI=1S/C13H22N2O/c1-15-10-9-14-12(15)5-8-13(11-16)6-3-2-4-7-13/h9-10,16H,2-8,11H2,1H3. The fourth-order valence-corrected chi connectivity index (χ4v) is 2.80. The minimum absolute atomic E-state index is 0.185. The first-order valence-electron chi connectivity index (χ1n) is 6.33. The molecular weight excluding hydrogens is 200 g/mol. The number of hydrogen-bond donors (Lipinski definition) is 1. The van der Waals surface area contributed by atoms with E-state index in [0.29, 0.717) is 6.61 Å². The highest BCUT2D eigenvalue weighted by molar-refractivity contribution is 4.94. The molecule has 0 unspecified atom stereocenters. The molecule has 0 saturated heterocycles. The molecule has 90 valence electrons. The number of rotatable bonds is 4. The third-order valence-corrected chi connectivity index (χ3v) is 4.05. The Bertz CT molecular complexity index is 326. The highest BCUT2D eigenvalue weighted by atomic mass is 16.3. The van der Waals surface area contributed by atoms with Crippen LogP contribution in [0.3, 0.4) is 0 Å². The van der Waals surface area contributed by atoms with Gasteiger partial charge >= 0.3 is 0 Å². The highest BCUT2D eigenvalue weighted by Gasteiger charge is 2.31. The number of imidazole rings is 1. The maximum atomic E-state index is 9.61. The number of nitrogens with zero attached hydrogens (tertiary/aromatic N) is 2. The van der Waals surface area contributed by atoms with E-state index in [4.69, 9.17) is 0 Å². The van der Waals surface area contributed by atoms with Crippen molar-refractivity contribution >= 4 is 0 Å². The third-order valence-electron chi connectivity index (χ3n) is 4.05. The number of aliphatic hydroxyl groups excluding tert-OH is 1. The predicted molar refractivity (Wildman–Crippen MR) is 64.1 cm³/mol. The van der Waals surface area contributed by atoms with Gasteiger partial charge in [0, 0.05) is 32.5 Å². The lowest BCUT2D eigenvalue weighted by Gasteiger charge is -2.35. The van der Waals surface area contributed by atoms with Crippen LogP contribution in [0.4, 0.5) is 0 Å². The molecule has 1 heterocycles. The van der Waals surface area contributed by atoms with Gasteiger partial charge in [0.05, 0.1) is 0 Å². The molecule has 0 amide bonds. The monoisotopic (exact) mass is 222 g/mol. The Morgan fingerprint density at radius 1 is 1.38 bits per heavy atom. The number of aryl methyl sites for hydroxylation is 2. The van der Waals surface area contributed by atoms with E-state index in [1.54, 1.807) is 0 Å². The molecule has 1 aliphatic carbocycles. The molecule has 1 aromatic rings. The lowest BCUT2D eigenvalue weighted by atomic mass is 9.72. The van der Waals surface area contributed by atoms with Crippen molar-refractivity contribution in [2.75, 3.05) is 6.61 Å². The molecule has 0 aromatic carbocycles. The van der Waals surface area contributed by atoms with Gasteiger partial charge in [-0.3, -0.25) is 0 Å². The van der Waals surface area contributed by atoms with Crippen LogP contribution >= 0.6 is 0 Å². The van der Waals surface area contributed by atoms with Gasteiger partial charge in [-0.2, -0.15) is 0 Å². The highest BCUT2D eigenvalue weighted by Crippen LogP contribution is 2.39. The van der Waals surface area contributed by atoms with Crippen molar-refractivity contribution in [2.45, 2.75) is 44.9 Å². The summed E-state index contributed by atoms with van der Waals surface area (Å²) in [5, 5.41) is 9.61. The second kappa shape index (κ2) is 5.00. The van der Waals surface area contributed by atoms with E-state index in [2.05, 4.69) is 9.55 Å². The first-order valence-corrected chi connectivity index (χ1v) is 6.33. The number of aromatic nitrogens is 2. The molecular formula is C13H22N2O. The lowest BCUT2D eigenvalue weighted by molar-refractivity contribution is 0.0731. The van der Waals surface area contributed by atoms with Gasteiger partial charge < -0.3 is 9.67 Å². The summed E-state index contributed by atoms with van der Waals surface area (Å²) in [6.45, 7) is 0.345. The SMILES string of the molecule is Cn1ccnc1CCC1(CO)CCCCC1. The molecule has 1 saturated carbocycles. The van der Waals surface area contributed by atoms with Gasteiger partial charge in [-0.25, -0.2) is 4.98 Å². The van der Waals surface area contributed by atoms with Crippen molar-refractivity contribution in [1.82, 2.24) is 9.55 Å². The summed E-state index contributed by atoms with van der Waals surface area (Å²) >= 11 is 0. The number of aliphatic hydroxyl groups is 1. The van der Waals surface area contributed by atoms with Crippen LogP contribution in [0.2, 0.25) is 0 Å². The minimum Gasteiger partial charge on any atom is -0.396 e. The molecule has 0 aliphatic heterocycles. The fraction of sp³-hybridized carbons (Fsp3) is 0.769. The molecule has 3 nitrogen and oxygen atoms in total. The Hall–Kier alpha value is -0.830. The van der Waals surface area contributed by atoms with Crippen molar-refractivity contribution in [2.24, 2.45) is 12.5 Å². The van der Waals surface area contributed by atoms with Crippen LogP contribution in [0.1, 0.15) is 44.3 Å². The summed E-state index contributed by atoms with van der Waals surface area (Å²) in [4.78, 5) is 4.35. The molecule has 16 heavy (non-hydrogen) atoms. The zero-order valence-electron chi connectivity index (χ0n) is 10.2. The minimum atomic E-state index is 0.185. The van der Waals surface area contributed by atoms with Gasteiger partial charge in [0.15, 0.2) is 0 Å². The summed E-state index contributed by atoms with van der Waals surface area (Å²) in [5.74, 6) is 1.14. The molecule has 1 N–H and O–H groups in total. The Morgan fingerprint density at radius 2 is 2.12 bits per heavy atom. The van der Waals surface area contributed by atoms with E-state index in [9.17, 15) is 5.11 Å². The van der Waals surface area contributed by atoms with Gasteiger partial charge in [-0.1, -0.05) is 19.3 Å². The second-order valence-corrected chi connectivity index (χ2v) is 5.17. The van der Waals surface area contributed by atoms with E-state index in [-0.39, 0.29) is 5.41 Å². The smallest absolute Gasteiger partial charge is 0.108 e. The fourth-order valence-electron chi connectivity index (χ4n) is 2.80. The van der Waals surface area contributed by atoms with E-state index in [1.807, 2.05) is 19.4 Å². The summed E-state index contributed by atoms with van der Waals surface area (Å²) in [6.07, 6.45) is 12.2. The van der Waals surface area contributed by atoms with Gasteiger partial charge in [-0.15, -0.1) is 0 Å². The van der Waals surface area contributed by atoms with Gasteiger partial charge in [0.2, 0.25) is 0 Å². The first-order chi connectivity index (χ1) is 7.76. The lowest BCUT2D eigenvalue weighted by Crippen LogP contribution is -2.29. The quantitative estimate of drug-likeness (QED) is 0.849. The Labute approximate surface area is 97.5 Å². The Balaban J connectivity index is 1.94. The molecule has 1 fully saturated rings.